The van der Waals surface area contributed by atoms with Crippen molar-refractivity contribution in [1.29, 1.82) is 0 Å². The molecule has 0 atom stereocenters. The van der Waals surface area contributed by atoms with E-state index in [4.69, 9.17) is 21.1 Å². The highest BCUT2D eigenvalue weighted by molar-refractivity contribution is 6.33. The largest absolute Gasteiger partial charge is 0.354 e. The molecular weight excluding hydrogens is 242 g/mol. The van der Waals surface area contributed by atoms with Crippen molar-refractivity contribution in [3.05, 3.63) is 34.3 Å². The van der Waals surface area contributed by atoms with Gasteiger partial charge < -0.3 is 14.8 Å². The van der Waals surface area contributed by atoms with Gasteiger partial charge in [-0.3, -0.25) is 4.79 Å². The van der Waals surface area contributed by atoms with Crippen LogP contribution in [0.2, 0.25) is 5.02 Å². The van der Waals surface area contributed by atoms with Gasteiger partial charge in [0.1, 0.15) is 0 Å². The lowest BCUT2D eigenvalue weighted by molar-refractivity contribution is -0.0974. The Balaban J connectivity index is 2.64. The normalized spacial score (nSPS) is 10.6. The molecule has 1 N–H and O–H groups in total. The number of ether oxygens (including phenoxy) is 2. The predicted molar refractivity (Wildman–Crippen MR) is 66.3 cm³/mol. The average Bonchev–Trinajstić information content (AvgIpc) is 2.30. The highest BCUT2D eigenvalue weighted by Crippen LogP contribution is 2.17. The SMILES string of the molecule is COC(CNC(=O)c1ccc(C)cc1Cl)OC. The highest BCUT2D eigenvalue weighted by Gasteiger charge is 2.12. The maximum atomic E-state index is 11.8. The molecule has 0 saturated heterocycles. The van der Waals surface area contributed by atoms with Gasteiger partial charge in [0.05, 0.1) is 17.1 Å². The van der Waals surface area contributed by atoms with Gasteiger partial charge in [0.15, 0.2) is 6.29 Å². The lowest BCUT2D eigenvalue weighted by Crippen LogP contribution is -2.34. The van der Waals surface area contributed by atoms with Crippen molar-refractivity contribution in [3.8, 4) is 0 Å². The Morgan fingerprint density at radius 3 is 2.59 bits per heavy atom. The maximum absolute atomic E-state index is 11.8. The fourth-order valence-corrected chi connectivity index (χ4v) is 1.66. The minimum atomic E-state index is -0.455. The summed E-state index contributed by atoms with van der Waals surface area (Å²) in [7, 11) is 3.03. The van der Waals surface area contributed by atoms with Crippen molar-refractivity contribution in [2.75, 3.05) is 20.8 Å². The molecule has 1 aromatic carbocycles. The van der Waals surface area contributed by atoms with Gasteiger partial charge in [-0.05, 0) is 24.6 Å². The Labute approximate surface area is 106 Å². The lowest BCUT2D eigenvalue weighted by Gasteiger charge is -2.14. The van der Waals surface area contributed by atoms with Crippen molar-refractivity contribution in [2.24, 2.45) is 0 Å². The number of hydrogen-bond donors (Lipinski definition) is 1. The first kappa shape index (κ1) is 14.0. The van der Waals surface area contributed by atoms with E-state index in [0.717, 1.165) is 5.56 Å². The van der Waals surface area contributed by atoms with Crippen LogP contribution < -0.4 is 5.32 Å². The second kappa shape index (κ2) is 6.59. The zero-order chi connectivity index (χ0) is 12.8. The van der Waals surface area contributed by atoms with Gasteiger partial charge in [-0.15, -0.1) is 0 Å². The number of methoxy groups -OCH3 is 2. The summed E-state index contributed by atoms with van der Waals surface area (Å²) in [6.07, 6.45) is -0.455. The molecule has 0 bridgehead atoms. The first-order valence-corrected chi connectivity index (χ1v) is 5.56. The lowest BCUT2D eigenvalue weighted by atomic mass is 10.1. The summed E-state index contributed by atoms with van der Waals surface area (Å²) in [5, 5.41) is 3.13. The van der Waals surface area contributed by atoms with Crippen LogP contribution in [0.3, 0.4) is 0 Å². The Morgan fingerprint density at radius 2 is 2.06 bits per heavy atom. The molecule has 0 fully saturated rings. The second-order valence-corrected chi connectivity index (χ2v) is 4.00. The number of nitrogens with one attached hydrogen (secondary N) is 1. The zero-order valence-corrected chi connectivity index (χ0v) is 10.9. The van der Waals surface area contributed by atoms with Crippen molar-refractivity contribution in [3.63, 3.8) is 0 Å². The van der Waals surface area contributed by atoms with E-state index < -0.39 is 6.29 Å². The number of carbonyl (C=O) groups excluding carboxylic acids is 1. The number of aryl methyl sites for hydroxylation is 1. The monoisotopic (exact) mass is 257 g/mol. The van der Waals surface area contributed by atoms with Gasteiger partial charge in [0.25, 0.3) is 5.91 Å². The van der Waals surface area contributed by atoms with Crippen LogP contribution in [0.5, 0.6) is 0 Å². The minimum Gasteiger partial charge on any atom is -0.354 e. The molecule has 0 aliphatic rings. The number of hydrogen-bond acceptors (Lipinski definition) is 3. The summed E-state index contributed by atoms with van der Waals surface area (Å²) in [6.45, 7) is 2.19. The average molecular weight is 258 g/mol. The fourth-order valence-electron chi connectivity index (χ4n) is 1.34. The van der Waals surface area contributed by atoms with Gasteiger partial charge in [-0.25, -0.2) is 0 Å². The molecule has 0 aliphatic carbocycles. The van der Waals surface area contributed by atoms with Crippen molar-refractivity contribution >= 4 is 17.5 Å². The topological polar surface area (TPSA) is 47.6 Å². The van der Waals surface area contributed by atoms with Crippen molar-refractivity contribution in [1.82, 2.24) is 5.32 Å². The third kappa shape index (κ3) is 4.00. The number of rotatable bonds is 5. The third-order valence-electron chi connectivity index (χ3n) is 2.32. The molecule has 0 spiro atoms. The van der Waals surface area contributed by atoms with Crippen LogP contribution in [0.15, 0.2) is 18.2 Å². The van der Waals surface area contributed by atoms with E-state index >= 15 is 0 Å². The van der Waals surface area contributed by atoms with Crippen LogP contribution >= 0.6 is 11.6 Å². The van der Waals surface area contributed by atoms with E-state index in [1.54, 1.807) is 12.1 Å². The van der Waals surface area contributed by atoms with E-state index in [-0.39, 0.29) is 12.5 Å². The van der Waals surface area contributed by atoms with E-state index in [9.17, 15) is 4.79 Å². The summed E-state index contributed by atoms with van der Waals surface area (Å²) in [4.78, 5) is 11.8. The Morgan fingerprint density at radius 1 is 1.41 bits per heavy atom. The summed E-state index contributed by atoms with van der Waals surface area (Å²) in [6, 6.07) is 5.28. The predicted octanol–water partition coefficient (Wildman–Crippen LogP) is 2.00. The maximum Gasteiger partial charge on any atom is 0.252 e. The number of halogens is 1. The van der Waals surface area contributed by atoms with E-state index in [0.29, 0.717) is 10.6 Å². The molecule has 1 amide bonds. The highest BCUT2D eigenvalue weighted by atomic mass is 35.5. The summed E-state index contributed by atoms with van der Waals surface area (Å²) in [5.74, 6) is -0.242. The summed E-state index contributed by atoms with van der Waals surface area (Å²) >= 11 is 5.98. The molecule has 17 heavy (non-hydrogen) atoms. The molecule has 94 valence electrons. The number of carbonyl (C=O) groups is 1. The minimum absolute atomic E-state index is 0.242. The van der Waals surface area contributed by atoms with Crippen LogP contribution in [0.25, 0.3) is 0 Å². The van der Waals surface area contributed by atoms with Gasteiger partial charge in [0, 0.05) is 14.2 Å². The van der Waals surface area contributed by atoms with Gasteiger partial charge in [0.2, 0.25) is 0 Å². The Bertz CT molecular complexity index is 391. The molecule has 1 aromatic rings. The molecule has 0 saturated carbocycles. The van der Waals surface area contributed by atoms with Gasteiger partial charge in [-0.2, -0.15) is 0 Å². The molecule has 5 heteroatoms. The molecule has 4 nitrogen and oxygen atoms in total. The van der Waals surface area contributed by atoms with Crippen LogP contribution in [0.1, 0.15) is 15.9 Å². The molecule has 0 unspecified atom stereocenters. The standard InChI is InChI=1S/C12H16ClNO3/c1-8-4-5-9(10(13)6-8)12(15)14-7-11(16-2)17-3/h4-6,11H,7H2,1-3H3,(H,14,15). The number of amides is 1. The van der Waals surface area contributed by atoms with Crippen LogP contribution in [-0.4, -0.2) is 33.0 Å². The van der Waals surface area contributed by atoms with Crippen molar-refractivity contribution < 1.29 is 14.3 Å². The van der Waals surface area contributed by atoms with E-state index in [2.05, 4.69) is 5.32 Å². The first-order chi connectivity index (χ1) is 8.08. The number of benzene rings is 1. The first-order valence-electron chi connectivity index (χ1n) is 5.18. The zero-order valence-electron chi connectivity index (χ0n) is 10.1. The molecule has 0 aliphatic heterocycles. The fraction of sp³-hybridized carbons (Fsp3) is 0.417. The molecular formula is C12H16ClNO3. The molecule has 0 heterocycles. The quantitative estimate of drug-likeness (QED) is 0.821. The second-order valence-electron chi connectivity index (χ2n) is 3.59. The van der Waals surface area contributed by atoms with Gasteiger partial charge in [-0.1, -0.05) is 17.7 Å². The Hall–Kier alpha value is -1.10. The van der Waals surface area contributed by atoms with Crippen LogP contribution in [0.4, 0.5) is 0 Å². The summed E-state index contributed by atoms with van der Waals surface area (Å²) in [5.41, 5.74) is 1.46. The molecule has 0 aromatic heterocycles. The van der Waals surface area contributed by atoms with Crippen molar-refractivity contribution in [2.45, 2.75) is 13.2 Å². The Kier molecular flexibility index (Phi) is 5.41. The molecule has 1 rings (SSSR count). The van der Waals surface area contributed by atoms with Gasteiger partial charge >= 0.3 is 0 Å². The third-order valence-corrected chi connectivity index (χ3v) is 2.64. The summed E-state index contributed by atoms with van der Waals surface area (Å²) < 4.78 is 9.93. The van der Waals surface area contributed by atoms with E-state index in [1.807, 2.05) is 13.0 Å². The molecule has 0 radical (unpaired) electrons. The smallest absolute Gasteiger partial charge is 0.252 e. The van der Waals surface area contributed by atoms with Crippen LogP contribution in [-0.2, 0) is 9.47 Å². The van der Waals surface area contributed by atoms with E-state index in [1.165, 1.54) is 14.2 Å². The van der Waals surface area contributed by atoms with Crippen LogP contribution in [0, 0.1) is 6.92 Å².